The van der Waals surface area contributed by atoms with Gasteiger partial charge in [0.25, 0.3) is 0 Å². The highest BCUT2D eigenvalue weighted by molar-refractivity contribution is 6.29. The van der Waals surface area contributed by atoms with E-state index in [0.717, 1.165) is 10.8 Å². The van der Waals surface area contributed by atoms with E-state index >= 15 is 0 Å². The van der Waals surface area contributed by atoms with Gasteiger partial charge in [-0.1, -0.05) is 17.7 Å². The van der Waals surface area contributed by atoms with Crippen molar-refractivity contribution < 1.29 is 0 Å². The van der Waals surface area contributed by atoms with E-state index in [0.29, 0.717) is 22.4 Å². The Labute approximate surface area is 126 Å². The van der Waals surface area contributed by atoms with Crippen LogP contribution in [-0.4, -0.2) is 22.2 Å². The second-order valence-corrected chi connectivity index (χ2v) is 4.84. The van der Waals surface area contributed by atoms with E-state index < -0.39 is 0 Å². The minimum absolute atomic E-state index is 0.338. The van der Waals surface area contributed by atoms with Crippen molar-refractivity contribution in [2.24, 2.45) is 0 Å². The van der Waals surface area contributed by atoms with Crippen molar-refractivity contribution in [1.29, 1.82) is 5.26 Å². The third kappa shape index (κ3) is 2.49. The van der Waals surface area contributed by atoms with Crippen molar-refractivity contribution >= 4 is 34.0 Å². The van der Waals surface area contributed by atoms with Gasteiger partial charge in [0.1, 0.15) is 5.82 Å². The Morgan fingerprint density at radius 3 is 2.71 bits per heavy atom. The SMILES string of the molecule is CN(c1ccc(Cl)nn1)c1nccc2ccc(C#N)cc12. The molecule has 6 heteroatoms. The molecule has 0 fully saturated rings. The lowest BCUT2D eigenvalue weighted by atomic mass is 10.1. The molecule has 0 aliphatic rings. The van der Waals surface area contributed by atoms with E-state index in [9.17, 15) is 0 Å². The number of halogens is 1. The summed E-state index contributed by atoms with van der Waals surface area (Å²) in [5.41, 5.74) is 0.590. The summed E-state index contributed by atoms with van der Waals surface area (Å²) in [6.07, 6.45) is 1.73. The van der Waals surface area contributed by atoms with Crippen LogP contribution in [0.2, 0.25) is 5.15 Å². The van der Waals surface area contributed by atoms with Crippen molar-refractivity contribution in [1.82, 2.24) is 15.2 Å². The maximum atomic E-state index is 9.05. The number of nitriles is 1. The highest BCUT2D eigenvalue weighted by Gasteiger charge is 2.11. The Morgan fingerprint density at radius 1 is 1.14 bits per heavy atom. The van der Waals surface area contributed by atoms with E-state index in [2.05, 4.69) is 21.3 Å². The molecule has 0 saturated heterocycles. The van der Waals surface area contributed by atoms with Gasteiger partial charge in [0, 0.05) is 18.6 Å². The Balaban J connectivity index is 2.15. The third-order valence-corrected chi connectivity index (χ3v) is 3.36. The van der Waals surface area contributed by atoms with Crippen LogP contribution in [0.5, 0.6) is 0 Å². The summed E-state index contributed by atoms with van der Waals surface area (Å²) in [6, 6.07) is 13.0. The molecule has 0 saturated carbocycles. The summed E-state index contributed by atoms with van der Waals surface area (Å²) in [4.78, 5) is 6.21. The molecule has 3 aromatic rings. The molecule has 0 atom stereocenters. The Morgan fingerprint density at radius 2 is 2.00 bits per heavy atom. The molecule has 0 aliphatic carbocycles. The first-order valence-corrected chi connectivity index (χ1v) is 6.58. The van der Waals surface area contributed by atoms with Crippen molar-refractivity contribution in [3.8, 4) is 6.07 Å². The highest BCUT2D eigenvalue weighted by atomic mass is 35.5. The van der Waals surface area contributed by atoms with Gasteiger partial charge in [0.15, 0.2) is 11.0 Å². The fourth-order valence-electron chi connectivity index (χ4n) is 2.09. The van der Waals surface area contributed by atoms with Gasteiger partial charge in [0.05, 0.1) is 11.6 Å². The third-order valence-electron chi connectivity index (χ3n) is 3.15. The zero-order chi connectivity index (χ0) is 14.8. The van der Waals surface area contributed by atoms with Gasteiger partial charge in [0.2, 0.25) is 0 Å². The van der Waals surface area contributed by atoms with Crippen LogP contribution in [0.4, 0.5) is 11.6 Å². The first-order valence-electron chi connectivity index (χ1n) is 6.21. The van der Waals surface area contributed by atoms with E-state index in [-0.39, 0.29) is 0 Å². The van der Waals surface area contributed by atoms with Crippen LogP contribution in [0.3, 0.4) is 0 Å². The molecule has 2 aromatic heterocycles. The molecule has 102 valence electrons. The molecule has 0 bridgehead atoms. The second kappa shape index (κ2) is 5.35. The molecule has 0 unspecified atom stereocenters. The predicted molar refractivity (Wildman–Crippen MR) is 81.6 cm³/mol. The van der Waals surface area contributed by atoms with E-state index in [1.54, 1.807) is 24.4 Å². The van der Waals surface area contributed by atoms with E-state index in [4.69, 9.17) is 16.9 Å². The number of fused-ring (bicyclic) bond motifs is 1. The Hall–Kier alpha value is -2.71. The fraction of sp³-hybridized carbons (Fsp3) is 0.0667. The van der Waals surface area contributed by atoms with Crippen LogP contribution in [0.25, 0.3) is 10.8 Å². The van der Waals surface area contributed by atoms with Gasteiger partial charge in [-0.15, -0.1) is 10.2 Å². The summed E-state index contributed by atoms with van der Waals surface area (Å²) >= 11 is 5.75. The van der Waals surface area contributed by atoms with Crippen molar-refractivity contribution in [3.05, 3.63) is 53.3 Å². The average Bonchev–Trinajstić information content (AvgIpc) is 2.54. The number of hydrogen-bond acceptors (Lipinski definition) is 5. The molecular formula is C15H10ClN5. The van der Waals surface area contributed by atoms with E-state index in [1.807, 2.05) is 30.1 Å². The minimum Gasteiger partial charge on any atom is -0.312 e. The second-order valence-electron chi connectivity index (χ2n) is 4.46. The molecule has 1 aromatic carbocycles. The molecule has 0 spiro atoms. The normalized spacial score (nSPS) is 10.3. The maximum absolute atomic E-state index is 9.05. The first kappa shape index (κ1) is 13.3. The average molecular weight is 296 g/mol. The van der Waals surface area contributed by atoms with Crippen LogP contribution in [0.1, 0.15) is 5.56 Å². The zero-order valence-corrected chi connectivity index (χ0v) is 11.9. The fourth-order valence-corrected chi connectivity index (χ4v) is 2.19. The molecular weight excluding hydrogens is 286 g/mol. The van der Waals surface area contributed by atoms with Gasteiger partial charge < -0.3 is 4.90 Å². The Kier molecular flexibility index (Phi) is 3.38. The smallest absolute Gasteiger partial charge is 0.156 e. The number of pyridine rings is 1. The standard InChI is InChI=1S/C15H10ClN5/c1-21(14-5-4-13(16)19-20-14)15-12-8-10(9-17)2-3-11(12)6-7-18-15/h2-8H,1H3. The topological polar surface area (TPSA) is 65.7 Å². The van der Waals surface area contributed by atoms with Crippen LogP contribution >= 0.6 is 11.6 Å². The molecule has 0 aliphatic heterocycles. The van der Waals surface area contributed by atoms with Gasteiger partial charge in [-0.25, -0.2) is 4.98 Å². The largest absolute Gasteiger partial charge is 0.312 e. The molecule has 0 radical (unpaired) electrons. The highest BCUT2D eigenvalue weighted by Crippen LogP contribution is 2.28. The monoisotopic (exact) mass is 295 g/mol. The van der Waals surface area contributed by atoms with Crippen LogP contribution in [0.15, 0.2) is 42.6 Å². The number of benzene rings is 1. The molecule has 0 amide bonds. The van der Waals surface area contributed by atoms with Crippen LogP contribution < -0.4 is 4.90 Å². The summed E-state index contributed by atoms with van der Waals surface area (Å²) in [5, 5.41) is 19.2. The number of hydrogen-bond donors (Lipinski definition) is 0. The number of anilines is 2. The first-order chi connectivity index (χ1) is 10.2. The zero-order valence-electron chi connectivity index (χ0n) is 11.2. The molecule has 0 N–H and O–H groups in total. The number of aromatic nitrogens is 3. The molecule has 5 nitrogen and oxygen atoms in total. The van der Waals surface area contributed by atoms with Crippen molar-refractivity contribution in [3.63, 3.8) is 0 Å². The molecule has 3 rings (SSSR count). The summed E-state index contributed by atoms with van der Waals surface area (Å²) in [5.74, 6) is 1.34. The lowest BCUT2D eigenvalue weighted by molar-refractivity contribution is 0.979. The van der Waals surface area contributed by atoms with Crippen molar-refractivity contribution in [2.75, 3.05) is 11.9 Å². The lowest BCUT2D eigenvalue weighted by Crippen LogP contribution is -2.13. The van der Waals surface area contributed by atoms with Gasteiger partial charge in [-0.2, -0.15) is 5.26 Å². The number of nitrogens with zero attached hydrogens (tertiary/aromatic N) is 5. The molecule has 2 heterocycles. The quantitative estimate of drug-likeness (QED) is 0.725. The van der Waals surface area contributed by atoms with Crippen molar-refractivity contribution in [2.45, 2.75) is 0 Å². The summed E-state index contributed by atoms with van der Waals surface area (Å²) in [7, 11) is 1.85. The number of rotatable bonds is 2. The van der Waals surface area contributed by atoms with Crippen LogP contribution in [-0.2, 0) is 0 Å². The molecule has 21 heavy (non-hydrogen) atoms. The minimum atomic E-state index is 0.338. The van der Waals surface area contributed by atoms with Crippen LogP contribution in [0, 0.1) is 11.3 Å². The Bertz CT molecular complexity index is 839. The summed E-state index contributed by atoms with van der Waals surface area (Å²) in [6.45, 7) is 0. The van der Waals surface area contributed by atoms with Gasteiger partial charge in [-0.05, 0) is 35.7 Å². The van der Waals surface area contributed by atoms with Gasteiger partial charge in [-0.3, -0.25) is 0 Å². The lowest BCUT2D eigenvalue weighted by Gasteiger charge is -2.18. The summed E-state index contributed by atoms with van der Waals surface area (Å²) < 4.78 is 0. The van der Waals surface area contributed by atoms with Gasteiger partial charge >= 0.3 is 0 Å². The predicted octanol–water partition coefficient (Wildman–Crippen LogP) is 3.32. The van der Waals surface area contributed by atoms with E-state index in [1.165, 1.54) is 0 Å². The maximum Gasteiger partial charge on any atom is 0.156 e.